The zero-order valence-electron chi connectivity index (χ0n) is 10.3. The molecular formula is C13H18N2O2. The van der Waals surface area contributed by atoms with Gasteiger partial charge in [-0.3, -0.25) is 14.8 Å². The number of aliphatic hydroxyl groups is 1. The van der Waals surface area contributed by atoms with E-state index in [2.05, 4.69) is 0 Å². The molecule has 92 valence electrons. The van der Waals surface area contributed by atoms with E-state index in [9.17, 15) is 9.90 Å². The molecule has 0 spiro atoms. The summed E-state index contributed by atoms with van der Waals surface area (Å²) in [7, 11) is 0. The van der Waals surface area contributed by atoms with E-state index < -0.39 is 5.60 Å². The Morgan fingerprint density at radius 1 is 1.29 bits per heavy atom. The van der Waals surface area contributed by atoms with Gasteiger partial charge >= 0.3 is 0 Å². The molecule has 1 fully saturated rings. The molecule has 17 heavy (non-hydrogen) atoms. The zero-order valence-corrected chi connectivity index (χ0v) is 10.3. The number of nitrogens with zero attached hydrogens (tertiary/aromatic N) is 2. The van der Waals surface area contributed by atoms with Crippen molar-refractivity contribution in [2.75, 3.05) is 18.1 Å². The van der Waals surface area contributed by atoms with Gasteiger partial charge in [-0.2, -0.15) is 0 Å². The number of para-hydroxylation sites is 1. The van der Waals surface area contributed by atoms with E-state index in [4.69, 9.17) is 0 Å². The van der Waals surface area contributed by atoms with E-state index >= 15 is 0 Å². The first-order chi connectivity index (χ1) is 7.97. The highest BCUT2D eigenvalue weighted by molar-refractivity contribution is 5.81. The fourth-order valence-corrected chi connectivity index (χ4v) is 1.99. The average molecular weight is 234 g/mol. The second kappa shape index (κ2) is 4.37. The minimum absolute atomic E-state index is 0.0657. The number of anilines is 1. The lowest BCUT2D eigenvalue weighted by Gasteiger charge is -2.33. The minimum atomic E-state index is -0.882. The third-order valence-corrected chi connectivity index (χ3v) is 2.71. The molecule has 1 aliphatic heterocycles. The average Bonchev–Trinajstić information content (AvgIpc) is 2.60. The second-order valence-corrected chi connectivity index (χ2v) is 4.97. The molecule has 0 aliphatic carbocycles. The minimum Gasteiger partial charge on any atom is -0.389 e. The monoisotopic (exact) mass is 234 g/mol. The summed E-state index contributed by atoms with van der Waals surface area (Å²) < 4.78 is 0. The van der Waals surface area contributed by atoms with Gasteiger partial charge in [0.05, 0.1) is 17.8 Å². The number of rotatable bonds is 3. The molecule has 4 nitrogen and oxygen atoms in total. The first kappa shape index (κ1) is 11.9. The number of carbonyl (C=O) groups is 1. The Morgan fingerprint density at radius 3 is 2.53 bits per heavy atom. The highest BCUT2D eigenvalue weighted by Gasteiger charge is 2.32. The van der Waals surface area contributed by atoms with Crippen LogP contribution < -0.4 is 5.01 Å². The van der Waals surface area contributed by atoms with Gasteiger partial charge in [-0.25, -0.2) is 0 Å². The predicted octanol–water partition coefficient (Wildman–Crippen LogP) is 1.41. The van der Waals surface area contributed by atoms with E-state index in [-0.39, 0.29) is 5.91 Å². The van der Waals surface area contributed by atoms with Gasteiger partial charge in [0.25, 0.3) is 0 Å². The van der Waals surface area contributed by atoms with Crippen LogP contribution in [0.1, 0.15) is 20.3 Å². The van der Waals surface area contributed by atoms with Crippen LogP contribution >= 0.6 is 0 Å². The van der Waals surface area contributed by atoms with Gasteiger partial charge in [0, 0.05) is 13.0 Å². The van der Waals surface area contributed by atoms with E-state index in [1.807, 2.05) is 35.3 Å². The largest absolute Gasteiger partial charge is 0.389 e. The lowest BCUT2D eigenvalue weighted by molar-refractivity contribution is -0.130. The molecule has 0 atom stereocenters. The van der Waals surface area contributed by atoms with Crippen molar-refractivity contribution in [3.05, 3.63) is 30.3 Å². The summed E-state index contributed by atoms with van der Waals surface area (Å²) in [5.41, 5.74) is 0.107. The molecule has 1 aromatic rings. The van der Waals surface area contributed by atoms with Gasteiger partial charge in [0.15, 0.2) is 0 Å². The number of amides is 1. The standard InChI is InChI=1S/C13H18N2O2/c1-13(2,17)10-15-12(16)8-9-14(15)11-6-4-3-5-7-11/h3-7,17H,8-10H2,1-2H3. The lowest BCUT2D eigenvalue weighted by atomic mass is 10.1. The van der Waals surface area contributed by atoms with Crippen molar-refractivity contribution in [2.24, 2.45) is 0 Å². The smallest absolute Gasteiger partial charge is 0.243 e. The van der Waals surface area contributed by atoms with Crippen LogP contribution in [0.25, 0.3) is 0 Å². The number of β-amino-alcohol motifs (C(OH)–C–C–N with tert-alkyl or cyclic N) is 1. The molecule has 1 saturated heterocycles. The molecule has 0 saturated carbocycles. The van der Waals surface area contributed by atoms with Crippen LogP contribution in [0, 0.1) is 0 Å². The molecule has 2 rings (SSSR count). The topological polar surface area (TPSA) is 43.8 Å². The summed E-state index contributed by atoms with van der Waals surface area (Å²) in [4.78, 5) is 11.8. The van der Waals surface area contributed by atoms with Crippen LogP contribution in [0.3, 0.4) is 0 Å². The normalized spacial score (nSPS) is 16.8. The number of hydrazine groups is 1. The maximum atomic E-state index is 11.8. The van der Waals surface area contributed by atoms with Gasteiger partial charge in [0.2, 0.25) is 5.91 Å². The quantitative estimate of drug-likeness (QED) is 0.860. The van der Waals surface area contributed by atoms with Gasteiger partial charge in [-0.05, 0) is 26.0 Å². The van der Waals surface area contributed by atoms with Crippen molar-refractivity contribution in [1.29, 1.82) is 0 Å². The lowest BCUT2D eigenvalue weighted by Crippen LogP contribution is -2.47. The summed E-state index contributed by atoms with van der Waals surface area (Å²) in [5, 5.41) is 13.4. The van der Waals surface area contributed by atoms with Crippen molar-refractivity contribution >= 4 is 11.6 Å². The van der Waals surface area contributed by atoms with Gasteiger partial charge < -0.3 is 5.11 Å². The number of benzene rings is 1. The SMILES string of the molecule is CC(C)(O)CN1C(=O)CCN1c1ccccc1. The predicted molar refractivity (Wildman–Crippen MR) is 66.4 cm³/mol. The summed E-state index contributed by atoms with van der Waals surface area (Å²) in [6.45, 7) is 4.42. The van der Waals surface area contributed by atoms with Crippen LogP contribution in [0.2, 0.25) is 0 Å². The van der Waals surface area contributed by atoms with Crippen LogP contribution in [0.4, 0.5) is 5.69 Å². The Hall–Kier alpha value is -1.55. The second-order valence-electron chi connectivity index (χ2n) is 4.97. The molecule has 1 heterocycles. The Bertz CT molecular complexity index is 398. The van der Waals surface area contributed by atoms with Crippen LogP contribution in [-0.4, -0.2) is 34.7 Å². The maximum Gasteiger partial charge on any atom is 0.243 e. The molecule has 0 radical (unpaired) electrons. The summed E-state index contributed by atoms with van der Waals surface area (Å²) in [5.74, 6) is 0.0657. The van der Waals surface area contributed by atoms with Gasteiger partial charge in [0.1, 0.15) is 0 Å². The number of hydrogen-bond acceptors (Lipinski definition) is 3. The molecule has 0 bridgehead atoms. The third-order valence-electron chi connectivity index (χ3n) is 2.71. The zero-order chi connectivity index (χ0) is 12.5. The Labute approximate surface area is 101 Å². The van der Waals surface area contributed by atoms with Crippen molar-refractivity contribution in [3.63, 3.8) is 0 Å². The Kier molecular flexibility index (Phi) is 3.07. The van der Waals surface area contributed by atoms with Crippen LogP contribution in [0.15, 0.2) is 30.3 Å². The van der Waals surface area contributed by atoms with Gasteiger partial charge in [-0.1, -0.05) is 18.2 Å². The summed E-state index contributed by atoms with van der Waals surface area (Å²) >= 11 is 0. The molecule has 0 aromatic heterocycles. The highest BCUT2D eigenvalue weighted by atomic mass is 16.3. The van der Waals surface area contributed by atoms with Crippen molar-refractivity contribution in [3.8, 4) is 0 Å². The molecule has 1 aliphatic rings. The fraction of sp³-hybridized carbons (Fsp3) is 0.462. The Balaban J connectivity index is 2.20. The van der Waals surface area contributed by atoms with Gasteiger partial charge in [-0.15, -0.1) is 0 Å². The molecule has 1 N–H and O–H groups in total. The molecule has 1 amide bonds. The number of hydrogen-bond donors (Lipinski definition) is 1. The fourth-order valence-electron chi connectivity index (χ4n) is 1.99. The number of carbonyl (C=O) groups excluding carboxylic acids is 1. The van der Waals surface area contributed by atoms with Crippen LogP contribution in [-0.2, 0) is 4.79 Å². The van der Waals surface area contributed by atoms with Crippen molar-refractivity contribution in [1.82, 2.24) is 5.01 Å². The first-order valence-electron chi connectivity index (χ1n) is 5.83. The van der Waals surface area contributed by atoms with E-state index in [1.54, 1.807) is 18.9 Å². The molecule has 1 aromatic carbocycles. The maximum absolute atomic E-state index is 11.8. The molecular weight excluding hydrogens is 216 g/mol. The molecule has 0 unspecified atom stereocenters. The van der Waals surface area contributed by atoms with E-state index in [1.165, 1.54) is 0 Å². The van der Waals surface area contributed by atoms with E-state index in [0.717, 1.165) is 5.69 Å². The van der Waals surface area contributed by atoms with Crippen LogP contribution in [0.5, 0.6) is 0 Å². The third kappa shape index (κ3) is 2.77. The van der Waals surface area contributed by atoms with E-state index in [0.29, 0.717) is 19.5 Å². The first-order valence-corrected chi connectivity index (χ1v) is 5.83. The summed E-state index contributed by atoms with van der Waals surface area (Å²) in [6.07, 6.45) is 0.505. The molecule has 4 heteroatoms. The summed E-state index contributed by atoms with van der Waals surface area (Å²) in [6, 6.07) is 9.77. The Morgan fingerprint density at radius 2 is 1.94 bits per heavy atom. The highest BCUT2D eigenvalue weighted by Crippen LogP contribution is 2.23. The van der Waals surface area contributed by atoms with Crippen molar-refractivity contribution < 1.29 is 9.90 Å². The van der Waals surface area contributed by atoms with Crippen molar-refractivity contribution in [2.45, 2.75) is 25.9 Å².